The van der Waals surface area contributed by atoms with Gasteiger partial charge in [0.25, 0.3) is 5.91 Å². The van der Waals surface area contributed by atoms with E-state index in [1.165, 1.54) is 0 Å². The number of rotatable bonds is 8. The quantitative estimate of drug-likeness (QED) is 0.722. The van der Waals surface area contributed by atoms with Gasteiger partial charge in [0.2, 0.25) is 5.91 Å². The van der Waals surface area contributed by atoms with Crippen molar-refractivity contribution in [2.45, 2.75) is 45.6 Å². The molecule has 4 nitrogen and oxygen atoms in total. The lowest BCUT2D eigenvalue weighted by molar-refractivity contribution is -0.122. The Hall–Kier alpha value is -1.84. The van der Waals surface area contributed by atoms with Gasteiger partial charge in [-0.15, -0.1) is 0 Å². The first-order valence-electron chi connectivity index (χ1n) is 7.85. The van der Waals surface area contributed by atoms with Gasteiger partial charge in [0.1, 0.15) is 0 Å². The zero-order valence-corrected chi connectivity index (χ0v) is 12.7. The highest BCUT2D eigenvalue weighted by atomic mass is 16.2. The van der Waals surface area contributed by atoms with Crippen molar-refractivity contribution < 1.29 is 9.59 Å². The summed E-state index contributed by atoms with van der Waals surface area (Å²) < 4.78 is 0. The summed E-state index contributed by atoms with van der Waals surface area (Å²) in [6, 6.07) is 7.42. The van der Waals surface area contributed by atoms with Crippen LogP contribution in [-0.4, -0.2) is 18.4 Å². The molecule has 1 aliphatic carbocycles. The van der Waals surface area contributed by atoms with Crippen LogP contribution in [0.25, 0.3) is 0 Å². The molecule has 2 amide bonds. The van der Waals surface area contributed by atoms with Crippen molar-refractivity contribution in [2.24, 2.45) is 5.92 Å². The Morgan fingerprint density at radius 2 is 1.81 bits per heavy atom. The van der Waals surface area contributed by atoms with Gasteiger partial charge in [-0.3, -0.25) is 9.59 Å². The molecule has 0 heterocycles. The van der Waals surface area contributed by atoms with E-state index < -0.39 is 0 Å². The smallest absolute Gasteiger partial charge is 0.251 e. The van der Waals surface area contributed by atoms with Gasteiger partial charge in [-0.2, -0.15) is 0 Å². The number of hydrogen-bond donors (Lipinski definition) is 2. The predicted octanol–water partition coefficient (Wildman–Crippen LogP) is 2.63. The maximum absolute atomic E-state index is 11.9. The molecule has 1 aromatic rings. The van der Waals surface area contributed by atoms with Gasteiger partial charge in [0.05, 0.1) is 0 Å². The van der Waals surface area contributed by atoms with Gasteiger partial charge in [0.15, 0.2) is 0 Å². The van der Waals surface area contributed by atoms with Crippen LogP contribution in [0.5, 0.6) is 0 Å². The molecule has 0 radical (unpaired) electrons. The molecule has 0 atom stereocenters. The van der Waals surface area contributed by atoms with Crippen molar-refractivity contribution in [3.8, 4) is 0 Å². The van der Waals surface area contributed by atoms with E-state index in [-0.39, 0.29) is 17.7 Å². The molecule has 0 aliphatic heterocycles. The normalized spacial score (nSPS) is 13.8. The lowest BCUT2D eigenvalue weighted by Crippen LogP contribution is -2.25. The number of nitrogens with one attached hydrogen (secondary N) is 2. The van der Waals surface area contributed by atoms with Crippen molar-refractivity contribution in [1.29, 1.82) is 0 Å². The maximum Gasteiger partial charge on any atom is 0.251 e. The summed E-state index contributed by atoms with van der Waals surface area (Å²) in [5.74, 6) is 0.352. The van der Waals surface area contributed by atoms with Crippen LogP contribution >= 0.6 is 0 Å². The molecule has 1 saturated carbocycles. The average molecular weight is 288 g/mol. The van der Waals surface area contributed by atoms with E-state index in [0.717, 1.165) is 44.2 Å². The molecule has 0 bridgehead atoms. The molecular formula is C17H24N2O2. The summed E-state index contributed by atoms with van der Waals surface area (Å²) in [6.07, 6.45) is 5.34. The third-order valence-corrected chi connectivity index (χ3v) is 3.70. The van der Waals surface area contributed by atoms with Crippen LogP contribution in [0, 0.1) is 5.92 Å². The van der Waals surface area contributed by atoms with E-state index in [0.29, 0.717) is 12.1 Å². The highest BCUT2D eigenvalue weighted by molar-refractivity contribution is 5.94. The minimum absolute atomic E-state index is 0.0281. The number of amides is 2. The van der Waals surface area contributed by atoms with Crippen LogP contribution in [0.15, 0.2) is 24.3 Å². The van der Waals surface area contributed by atoms with Crippen molar-refractivity contribution in [2.75, 3.05) is 6.54 Å². The molecule has 21 heavy (non-hydrogen) atoms. The monoisotopic (exact) mass is 288 g/mol. The number of carbonyl (C=O) groups is 2. The largest absolute Gasteiger partial charge is 0.352 e. The summed E-state index contributed by atoms with van der Waals surface area (Å²) in [5.41, 5.74) is 1.69. The van der Waals surface area contributed by atoms with Gasteiger partial charge in [-0.25, -0.2) is 0 Å². The van der Waals surface area contributed by atoms with Gasteiger partial charge in [-0.1, -0.05) is 31.9 Å². The van der Waals surface area contributed by atoms with E-state index in [9.17, 15) is 9.59 Å². The Morgan fingerprint density at radius 1 is 1.10 bits per heavy atom. The van der Waals surface area contributed by atoms with E-state index in [1.807, 2.05) is 24.3 Å². The minimum atomic E-state index is -0.0281. The van der Waals surface area contributed by atoms with E-state index in [2.05, 4.69) is 17.6 Å². The first-order valence-corrected chi connectivity index (χ1v) is 7.85. The van der Waals surface area contributed by atoms with Crippen LogP contribution in [0.3, 0.4) is 0 Å². The van der Waals surface area contributed by atoms with Gasteiger partial charge < -0.3 is 10.6 Å². The van der Waals surface area contributed by atoms with Crippen LogP contribution in [-0.2, 0) is 11.3 Å². The third-order valence-electron chi connectivity index (χ3n) is 3.70. The molecular weight excluding hydrogens is 264 g/mol. The lowest BCUT2D eigenvalue weighted by Gasteiger charge is -2.07. The second-order valence-corrected chi connectivity index (χ2v) is 5.65. The molecule has 0 aromatic heterocycles. The molecule has 0 spiro atoms. The SMILES string of the molecule is CCCCCNC(=O)c1ccc(CNC(=O)C2CC2)cc1. The first-order chi connectivity index (χ1) is 10.2. The highest BCUT2D eigenvalue weighted by Crippen LogP contribution is 2.28. The molecule has 1 aromatic carbocycles. The zero-order chi connectivity index (χ0) is 15.1. The predicted molar refractivity (Wildman–Crippen MR) is 82.9 cm³/mol. The van der Waals surface area contributed by atoms with E-state index >= 15 is 0 Å². The third kappa shape index (κ3) is 5.21. The lowest BCUT2D eigenvalue weighted by atomic mass is 10.1. The van der Waals surface area contributed by atoms with Gasteiger partial charge in [0, 0.05) is 24.6 Å². The second-order valence-electron chi connectivity index (χ2n) is 5.65. The van der Waals surface area contributed by atoms with Crippen molar-refractivity contribution >= 4 is 11.8 Å². The molecule has 2 rings (SSSR count). The molecule has 2 N–H and O–H groups in total. The van der Waals surface area contributed by atoms with Crippen molar-refractivity contribution in [3.05, 3.63) is 35.4 Å². The topological polar surface area (TPSA) is 58.2 Å². The second kappa shape index (κ2) is 7.81. The molecule has 1 fully saturated rings. The summed E-state index contributed by atoms with van der Waals surface area (Å²) in [7, 11) is 0. The first kappa shape index (κ1) is 15.5. The van der Waals surface area contributed by atoms with E-state index in [1.54, 1.807) is 0 Å². The van der Waals surface area contributed by atoms with Gasteiger partial charge >= 0.3 is 0 Å². The van der Waals surface area contributed by atoms with Crippen LogP contribution < -0.4 is 10.6 Å². The summed E-state index contributed by atoms with van der Waals surface area (Å²) >= 11 is 0. The standard InChI is InChI=1S/C17H24N2O2/c1-2-3-4-11-18-16(20)14-7-5-13(6-8-14)12-19-17(21)15-9-10-15/h5-8,15H,2-4,9-12H2,1H3,(H,18,20)(H,19,21). The van der Waals surface area contributed by atoms with Crippen molar-refractivity contribution in [3.63, 3.8) is 0 Å². The number of benzene rings is 1. The molecule has 114 valence electrons. The van der Waals surface area contributed by atoms with Crippen LogP contribution in [0.4, 0.5) is 0 Å². The highest BCUT2D eigenvalue weighted by Gasteiger charge is 2.29. The summed E-state index contributed by atoms with van der Waals surface area (Å²) in [4.78, 5) is 23.5. The fourth-order valence-corrected chi connectivity index (χ4v) is 2.13. The Balaban J connectivity index is 1.75. The Bertz CT molecular complexity index is 478. The Labute approximate surface area is 126 Å². The number of hydrogen-bond acceptors (Lipinski definition) is 2. The molecule has 4 heteroatoms. The fraction of sp³-hybridized carbons (Fsp3) is 0.529. The zero-order valence-electron chi connectivity index (χ0n) is 12.7. The Kier molecular flexibility index (Phi) is 5.78. The van der Waals surface area contributed by atoms with Gasteiger partial charge in [-0.05, 0) is 37.0 Å². The maximum atomic E-state index is 11.9. The Morgan fingerprint density at radius 3 is 2.43 bits per heavy atom. The van der Waals surface area contributed by atoms with Crippen LogP contribution in [0.2, 0.25) is 0 Å². The van der Waals surface area contributed by atoms with E-state index in [4.69, 9.17) is 0 Å². The molecule has 0 saturated heterocycles. The summed E-state index contributed by atoms with van der Waals surface area (Å²) in [5, 5.41) is 5.84. The minimum Gasteiger partial charge on any atom is -0.352 e. The molecule has 0 unspecified atom stereocenters. The van der Waals surface area contributed by atoms with Crippen LogP contribution in [0.1, 0.15) is 54.9 Å². The average Bonchev–Trinajstić information content (AvgIpc) is 3.34. The number of unbranched alkanes of at least 4 members (excludes halogenated alkanes) is 2. The number of carbonyl (C=O) groups excluding carboxylic acids is 2. The fourth-order valence-electron chi connectivity index (χ4n) is 2.13. The molecule has 1 aliphatic rings. The summed E-state index contributed by atoms with van der Waals surface area (Å²) in [6.45, 7) is 3.40. The van der Waals surface area contributed by atoms with Crippen molar-refractivity contribution in [1.82, 2.24) is 10.6 Å².